The van der Waals surface area contributed by atoms with Crippen LogP contribution in [0.5, 0.6) is 5.75 Å². The number of hydrogen-bond donors (Lipinski definition) is 0. The third kappa shape index (κ3) is 3.15. The van der Waals surface area contributed by atoms with Crippen molar-refractivity contribution in [2.24, 2.45) is 7.05 Å². The van der Waals surface area contributed by atoms with Crippen molar-refractivity contribution in [1.82, 2.24) is 9.36 Å². The van der Waals surface area contributed by atoms with Gasteiger partial charge in [0.25, 0.3) is 5.56 Å². The molecule has 1 aromatic heterocycles. The Morgan fingerprint density at radius 2 is 1.66 bits per heavy atom. The third-order valence-corrected chi connectivity index (χ3v) is 6.67. The zero-order valence-electron chi connectivity index (χ0n) is 16.8. The minimum Gasteiger partial charge on any atom is -0.497 e. The minimum absolute atomic E-state index is 0.0539. The largest absolute Gasteiger partial charge is 0.497 e. The van der Waals surface area contributed by atoms with Crippen LogP contribution in [0, 0.1) is 6.92 Å². The van der Waals surface area contributed by atoms with Crippen molar-refractivity contribution in [1.29, 1.82) is 0 Å². The number of anilines is 1. The van der Waals surface area contributed by atoms with Gasteiger partial charge in [0.15, 0.2) is 0 Å². The fourth-order valence-electron chi connectivity index (χ4n) is 3.68. The Labute approximate surface area is 173 Å². The molecule has 2 atom stereocenters. The van der Waals surface area contributed by atoms with E-state index in [0.717, 1.165) is 22.7 Å². The number of hydrogen-bond acceptors (Lipinski definition) is 4. The standard InChI is InChI=1S/C22H23N3O3S/c1-14-19(21(27)25(23(14)3)17-8-6-5-7-9-17)24-20(26)15(2)29-22(24)16-10-12-18(28-4)13-11-16/h5-13,15,22H,1-4H3/t15-,22-/m0/s1. The summed E-state index contributed by atoms with van der Waals surface area (Å²) in [5.74, 6) is 0.701. The van der Waals surface area contributed by atoms with Gasteiger partial charge >= 0.3 is 0 Å². The van der Waals surface area contributed by atoms with Gasteiger partial charge in [-0.05, 0) is 43.7 Å². The number of para-hydroxylation sites is 1. The van der Waals surface area contributed by atoms with E-state index in [1.165, 1.54) is 0 Å². The second-order valence-corrected chi connectivity index (χ2v) is 8.45. The van der Waals surface area contributed by atoms with Gasteiger partial charge in [0.05, 0.1) is 23.7 Å². The number of ether oxygens (including phenoxy) is 1. The minimum atomic E-state index is -0.263. The van der Waals surface area contributed by atoms with Crippen LogP contribution in [0.15, 0.2) is 59.4 Å². The first kappa shape index (κ1) is 19.4. The van der Waals surface area contributed by atoms with Crippen molar-refractivity contribution in [3.05, 3.63) is 76.2 Å². The van der Waals surface area contributed by atoms with E-state index in [1.54, 1.807) is 33.1 Å². The molecule has 3 aromatic rings. The van der Waals surface area contributed by atoms with Gasteiger partial charge in [0, 0.05) is 7.05 Å². The number of carbonyl (C=O) groups is 1. The molecule has 0 N–H and O–H groups in total. The molecule has 0 saturated carbocycles. The summed E-state index contributed by atoms with van der Waals surface area (Å²) >= 11 is 1.55. The smallest absolute Gasteiger partial charge is 0.295 e. The molecule has 0 radical (unpaired) electrons. The molecular formula is C22H23N3O3S. The lowest BCUT2D eigenvalue weighted by atomic mass is 10.1. The third-order valence-electron chi connectivity index (χ3n) is 5.32. The lowest BCUT2D eigenvalue weighted by molar-refractivity contribution is -0.117. The quantitative estimate of drug-likeness (QED) is 0.660. The van der Waals surface area contributed by atoms with E-state index in [-0.39, 0.29) is 22.1 Å². The Hall–Kier alpha value is -2.93. The molecule has 1 saturated heterocycles. The van der Waals surface area contributed by atoms with Crippen LogP contribution in [-0.4, -0.2) is 27.6 Å². The number of aromatic nitrogens is 2. The summed E-state index contributed by atoms with van der Waals surface area (Å²) in [6, 6.07) is 17.1. The van der Waals surface area contributed by atoms with Crippen molar-refractivity contribution in [2.75, 3.05) is 12.0 Å². The van der Waals surface area contributed by atoms with Crippen molar-refractivity contribution in [2.45, 2.75) is 24.5 Å². The molecule has 29 heavy (non-hydrogen) atoms. The molecule has 0 unspecified atom stereocenters. The maximum atomic E-state index is 13.4. The summed E-state index contributed by atoms with van der Waals surface area (Å²) in [6.45, 7) is 3.76. The van der Waals surface area contributed by atoms with Crippen molar-refractivity contribution < 1.29 is 9.53 Å². The van der Waals surface area contributed by atoms with Gasteiger partial charge in [0.2, 0.25) is 5.91 Å². The number of carbonyl (C=O) groups excluding carboxylic acids is 1. The summed E-state index contributed by atoms with van der Waals surface area (Å²) in [7, 11) is 3.46. The predicted octanol–water partition coefficient (Wildman–Crippen LogP) is 3.66. The second kappa shape index (κ2) is 7.48. The van der Waals surface area contributed by atoms with Crippen molar-refractivity contribution in [3.8, 4) is 11.4 Å². The second-order valence-electron chi connectivity index (χ2n) is 7.02. The lowest BCUT2D eigenvalue weighted by Crippen LogP contribution is -2.34. The summed E-state index contributed by atoms with van der Waals surface area (Å²) in [4.78, 5) is 28.2. The fraction of sp³-hybridized carbons (Fsp3) is 0.273. The van der Waals surface area contributed by atoms with E-state index in [2.05, 4.69) is 0 Å². The van der Waals surface area contributed by atoms with Gasteiger partial charge in [-0.15, -0.1) is 11.8 Å². The van der Waals surface area contributed by atoms with Gasteiger partial charge in [-0.1, -0.05) is 30.3 Å². The van der Waals surface area contributed by atoms with Crippen LogP contribution < -0.4 is 15.2 Å². The molecule has 150 valence electrons. The van der Waals surface area contributed by atoms with Crippen LogP contribution in [0.4, 0.5) is 5.69 Å². The van der Waals surface area contributed by atoms with E-state index < -0.39 is 0 Å². The van der Waals surface area contributed by atoms with Crippen LogP contribution in [0.25, 0.3) is 5.69 Å². The highest BCUT2D eigenvalue weighted by Gasteiger charge is 2.42. The van der Waals surface area contributed by atoms with Gasteiger partial charge < -0.3 is 4.74 Å². The summed E-state index contributed by atoms with van der Waals surface area (Å²) < 4.78 is 8.66. The van der Waals surface area contributed by atoms with Crippen LogP contribution in [-0.2, 0) is 11.8 Å². The summed E-state index contributed by atoms with van der Waals surface area (Å²) in [5.41, 5.74) is 2.71. The number of methoxy groups -OCH3 is 1. The Bertz CT molecular complexity index is 1100. The first-order chi connectivity index (χ1) is 13.9. The topological polar surface area (TPSA) is 56.5 Å². The molecule has 7 heteroatoms. The monoisotopic (exact) mass is 409 g/mol. The number of benzene rings is 2. The van der Waals surface area contributed by atoms with Crippen LogP contribution >= 0.6 is 11.8 Å². The Balaban J connectivity index is 1.85. The Morgan fingerprint density at radius 3 is 2.28 bits per heavy atom. The molecule has 1 fully saturated rings. The highest BCUT2D eigenvalue weighted by atomic mass is 32.2. The van der Waals surface area contributed by atoms with E-state index in [9.17, 15) is 9.59 Å². The van der Waals surface area contributed by atoms with Gasteiger partial charge in [-0.25, -0.2) is 4.68 Å². The van der Waals surface area contributed by atoms with Crippen LogP contribution in [0.1, 0.15) is 23.6 Å². The normalized spacial score (nSPS) is 19.0. The molecule has 0 bridgehead atoms. The Morgan fingerprint density at radius 1 is 1.00 bits per heavy atom. The van der Waals surface area contributed by atoms with Crippen molar-refractivity contribution >= 4 is 23.4 Å². The first-order valence-electron chi connectivity index (χ1n) is 9.40. The van der Waals surface area contributed by atoms with Crippen molar-refractivity contribution in [3.63, 3.8) is 0 Å². The summed E-state index contributed by atoms with van der Waals surface area (Å²) in [5, 5.41) is -0.493. The van der Waals surface area contributed by atoms with Gasteiger partial charge in [0.1, 0.15) is 16.8 Å². The van der Waals surface area contributed by atoms with E-state index in [1.807, 2.05) is 75.5 Å². The molecule has 6 nitrogen and oxygen atoms in total. The molecule has 1 amide bonds. The van der Waals surface area contributed by atoms with E-state index >= 15 is 0 Å². The lowest BCUT2D eigenvalue weighted by Gasteiger charge is -2.23. The van der Waals surface area contributed by atoms with Crippen LogP contribution in [0.3, 0.4) is 0 Å². The zero-order chi connectivity index (χ0) is 20.7. The maximum absolute atomic E-state index is 13.4. The average Bonchev–Trinajstić information content (AvgIpc) is 3.15. The molecule has 2 heterocycles. The molecular weight excluding hydrogens is 386 g/mol. The Kier molecular flexibility index (Phi) is 5.00. The predicted molar refractivity (Wildman–Crippen MR) is 116 cm³/mol. The first-order valence-corrected chi connectivity index (χ1v) is 10.3. The number of amides is 1. The van der Waals surface area contributed by atoms with Gasteiger partial charge in [-0.3, -0.25) is 19.2 Å². The molecule has 0 aliphatic carbocycles. The fourth-order valence-corrected chi connectivity index (χ4v) is 4.94. The summed E-state index contributed by atoms with van der Waals surface area (Å²) in [6.07, 6.45) is 0. The SMILES string of the molecule is COc1ccc([C@@H]2S[C@@H](C)C(=O)N2c2c(C)n(C)n(-c3ccccc3)c2=O)cc1. The zero-order valence-corrected chi connectivity index (χ0v) is 17.6. The molecule has 4 rings (SSSR count). The highest BCUT2D eigenvalue weighted by molar-refractivity contribution is 8.01. The highest BCUT2D eigenvalue weighted by Crippen LogP contribution is 2.45. The molecule has 1 aliphatic heterocycles. The van der Waals surface area contributed by atoms with Gasteiger partial charge in [-0.2, -0.15) is 0 Å². The van der Waals surface area contributed by atoms with E-state index in [0.29, 0.717) is 5.69 Å². The molecule has 2 aromatic carbocycles. The number of thioether (sulfide) groups is 1. The number of nitrogens with zero attached hydrogens (tertiary/aromatic N) is 3. The van der Waals surface area contributed by atoms with Crippen LogP contribution in [0.2, 0.25) is 0 Å². The number of rotatable bonds is 4. The molecule has 0 spiro atoms. The average molecular weight is 410 g/mol. The molecule has 1 aliphatic rings. The van der Waals surface area contributed by atoms with E-state index in [4.69, 9.17) is 4.74 Å². The maximum Gasteiger partial charge on any atom is 0.295 e.